The van der Waals surface area contributed by atoms with Crippen molar-refractivity contribution in [1.82, 2.24) is 9.78 Å². The van der Waals surface area contributed by atoms with E-state index in [9.17, 15) is 4.79 Å². The predicted molar refractivity (Wildman–Crippen MR) is 76.5 cm³/mol. The van der Waals surface area contributed by atoms with Crippen molar-refractivity contribution in [2.75, 3.05) is 5.73 Å². The molecule has 0 fully saturated rings. The highest BCUT2D eigenvalue weighted by Gasteiger charge is 2.32. The fourth-order valence-electron chi connectivity index (χ4n) is 1.94. The summed E-state index contributed by atoms with van der Waals surface area (Å²) in [5.41, 5.74) is 6.66. The molecule has 5 heteroatoms. The number of nitrogens with two attached hydrogens (primary N) is 1. The number of halogens is 1. The Bertz CT molecular complexity index is 614. The van der Waals surface area contributed by atoms with E-state index < -0.39 is 5.41 Å². The van der Waals surface area contributed by atoms with Crippen LogP contribution in [0.5, 0.6) is 0 Å². The lowest BCUT2D eigenvalue weighted by Crippen LogP contribution is -2.35. The van der Waals surface area contributed by atoms with Crippen molar-refractivity contribution in [2.24, 2.45) is 0 Å². The third-order valence-electron chi connectivity index (χ3n) is 3.15. The maximum atomic E-state index is 12.6. The third kappa shape index (κ3) is 2.49. The summed E-state index contributed by atoms with van der Waals surface area (Å²) in [6.45, 7) is 5.49. The molecule has 2 rings (SSSR count). The van der Waals surface area contributed by atoms with E-state index in [-0.39, 0.29) is 5.91 Å². The number of nitrogen functional groups attached to an aromatic ring is 1. The fourth-order valence-corrected chi connectivity index (χ4v) is 2.06. The highest BCUT2D eigenvalue weighted by Crippen LogP contribution is 2.27. The number of anilines is 1. The van der Waals surface area contributed by atoms with Crippen molar-refractivity contribution >= 4 is 23.3 Å². The van der Waals surface area contributed by atoms with Gasteiger partial charge in [0.05, 0.1) is 11.1 Å². The van der Waals surface area contributed by atoms with Crippen LogP contribution >= 0.6 is 11.6 Å². The van der Waals surface area contributed by atoms with Crippen molar-refractivity contribution in [3.8, 4) is 0 Å². The van der Waals surface area contributed by atoms with Crippen LogP contribution < -0.4 is 5.73 Å². The van der Waals surface area contributed by atoms with Crippen LogP contribution in [0, 0.1) is 6.92 Å². The predicted octanol–water partition coefficient (Wildman–Crippen LogP) is 3.05. The normalized spacial score (nSPS) is 11.6. The lowest BCUT2D eigenvalue weighted by Gasteiger charge is -2.23. The molecular formula is C14H16ClN3O. The molecule has 0 spiro atoms. The van der Waals surface area contributed by atoms with Crippen LogP contribution in [0.25, 0.3) is 0 Å². The van der Waals surface area contributed by atoms with Crippen molar-refractivity contribution in [1.29, 1.82) is 0 Å². The topological polar surface area (TPSA) is 60.9 Å². The van der Waals surface area contributed by atoms with Gasteiger partial charge in [0.15, 0.2) is 0 Å². The monoisotopic (exact) mass is 277 g/mol. The highest BCUT2D eigenvalue weighted by atomic mass is 35.5. The van der Waals surface area contributed by atoms with Gasteiger partial charge >= 0.3 is 0 Å². The molecule has 0 aliphatic rings. The van der Waals surface area contributed by atoms with Crippen molar-refractivity contribution in [2.45, 2.75) is 26.2 Å². The van der Waals surface area contributed by atoms with E-state index in [0.29, 0.717) is 10.8 Å². The van der Waals surface area contributed by atoms with E-state index in [2.05, 4.69) is 5.10 Å². The summed E-state index contributed by atoms with van der Waals surface area (Å²) < 4.78 is 1.25. The molecule has 1 aromatic heterocycles. The average molecular weight is 278 g/mol. The zero-order valence-electron chi connectivity index (χ0n) is 11.1. The lowest BCUT2D eigenvalue weighted by molar-refractivity contribution is 0.0807. The van der Waals surface area contributed by atoms with Crippen LogP contribution in [0.15, 0.2) is 30.3 Å². The Balaban J connectivity index is 2.41. The van der Waals surface area contributed by atoms with Gasteiger partial charge in [0.25, 0.3) is 5.91 Å². The van der Waals surface area contributed by atoms with Gasteiger partial charge in [-0.05, 0) is 38.5 Å². The first-order valence-electron chi connectivity index (χ1n) is 5.95. The van der Waals surface area contributed by atoms with E-state index in [0.717, 1.165) is 11.3 Å². The second kappa shape index (κ2) is 4.70. The smallest absolute Gasteiger partial charge is 0.258 e. The van der Waals surface area contributed by atoms with Crippen LogP contribution in [0.2, 0.25) is 5.02 Å². The minimum atomic E-state index is -0.725. The van der Waals surface area contributed by atoms with E-state index in [4.69, 9.17) is 17.3 Å². The van der Waals surface area contributed by atoms with Gasteiger partial charge in [-0.3, -0.25) is 4.79 Å². The number of hydrogen-bond acceptors (Lipinski definition) is 3. The molecule has 0 aliphatic carbocycles. The van der Waals surface area contributed by atoms with Crippen molar-refractivity contribution in [3.05, 3.63) is 46.6 Å². The van der Waals surface area contributed by atoms with Crippen LogP contribution in [-0.2, 0) is 5.41 Å². The summed E-state index contributed by atoms with van der Waals surface area (Å²) in [5.74, 6) is 0.185. The molecule has 0 saturated heterocycles. The molecule has 0 bridgehead atoms. The quantitative estimate of drug-likeness (QED) is 0.918. The molecule has 0 saturated carbocycles. The summed E-state index contributed by atoms with van der Waals surface area (Å²) >= 11 is 5.86. The molecule has 2 aromatic rings. The van der Waals surface area contributed by atoms with Gasteiger partial charge in [0.1, 0.15) is 5.82 Å². The summed E-state index contributed by atoms with van der Waals surface area (Å²) in [6.07, 6.45) is 0. The number of carbonyl (C=O) groups excluding carboxylic acids is 1. The number of rotatable bonds is 2. The molecule has 0 aliphatic heterocycles. The molecule has 1 heterocycles. The van der Waals surface area contributed by atoms with Gasteiger partial charge in [0, 0.05) is 11.1 Å². The highest BCUT2D eigenvalue weighted by molar-refractivity contribution is 6.30. The van der Waals surface area contributed by atoms with E-state index in [1.54, 1.807) is 25.1 Å². The first kappa shape index (κ1) is 13.6. The van der Waals surface area contributed by atoms with E-state index >= 15 is 0 Å². The van der Waals surface area contributed by atoms with Gasteiger partial charge < -0.3 is 5.73 Å². The van der Waals surface area contributed by atoms with Crippen molar-refractivity contribution in [3.63, 3.8) is 0 Å². The molecule has 19 heavy (non-hydrogen) atoms. The zero-order chi connectivity index (χ0) is 14.2. The number of benzene rings is 1. The maximum absolute atomic E-state index is 12.6. The molecule has 4 nitrogen and oxygen atoms in total. The van der Waals surface area contributed by atoms with Crippen LogP contribution in [0.3, 0.4) is 0 Å². The Morgan fingerprint density at radius 3 is 2.37 bits per heavy atom. The lowest BCUT2D eigenvalue weighted by atomic mass is 9.84. The largest absolute Gasteiger partial charge is 0.383 e. The Labute approximate surface area is 117 Å². The number of hydrogen-bond donors (Lipinski definition) is 1. The summed E-state index contributed by atoms with van der Waals surface area (Å²) in [4.78, 5) is 12.6. The zero-order valence-corrected chi connectivity index (χ0v) is 11.9. The van der Waals surface area contributed by atoms with Crippen molar-refractivity contribution < 1.29 is 4.79 Å². The molecule has 0 atom stereocenters. The molecule has 0 unspecified atom stereocenters. The van der Waals surface area contributed by atoms with Gasteiger partial charge in [0.2, 0.25) is 0 Å². The number of carbonyl (C=O) groups is 1. The van der Waals surface area contributed by atoms with Gasteiger partial charge in [-0.15, -0.1) is 0 Å². The SMILES string of the molecule is Cc1cc(N)n(C(=O)C(C)(C)c2ccc(Cl)cc2)n1. The third-order valence-corrected chi connectivity index (χ3v) is 3.40. The standard InChI is InChI=1S/C14H16ClN3O/c1-9-8-12(16)18(17-9)13(19)14(2,3)10-4-6-11(15)7-5-10/h4-8H,16H2,1-3H3. The minimum absolute atomic E-state index is 0.166. The molecule has 2 N–H and O–H groups in total. The van der Waals surface area contributed by atoms with E-state index in [1.807, 2.05) is 26.0 Å². The summed E-state index contributed by atoms with van der Waals surface area (Å²) in [5, 5.41) is 4.78. The second-order valence-electron chi connectivity index (χ2n) is 5.06. The summed E-state index contributed by atoms with van der Waals surface area (Å²) in [6, 6.07) is 8.89. The van der Waals surface area contributed by atoms with Gasteiger partial charge in [-0.25, -0.2) is 0 Å². The molecule has 1 aromatic carbocycles. The first-order valence-corrected chi connectivity index (χ1v) is 6.33. The maximum Gasteiger partial charge on any atom is 0.258 e. The Kier molecular flexibility index (Phi) is 3.37. The van der Waals surface area contributed by atoms with Crippen LogP contribution in [-0.4, -0.2) is 15.7 Å². The Morgan fingerprint density at radius 1 is 1.32 bits per heavy atom. The molecule has 100 valence electrons. The fraction of sp³-hybridized carbons (Fsp3) is 0.286. The van der Waals surface area contributed by atoms with Crippen LogP contribution in [0.1, 0.15) is 29.9 Å². The number of aromatic nitrogens is 2. The molecular weight excluding hydrogens is 262 g/mol. The average Bonchev–Trinajstić information content (AvgIpc) is 2.68. The molecule has 0 amide bonds. The van der Waals surface area contributed by atoms with Gasteiger partial charge in [-0.1, -0.05) is 23.7 Å². The minimum Gasteiger partial charge on any atom is -0.383 e. The Morgan fingerprint density at radius 2 is 1.89 bits per heavy atom. The van der Waals surface area contributed by atoms with Gasteiger partial charge in [-0.2, -0.15) is 9.78 Å². The number of nitrogens with zero attached hydrogens (tertiary/aromatic N) is 2. The van der Waals surface area contributed by atoms with Crippen LogP contribution in [0.4, 0.5) is 5.82 Å². The second-order valence-corrected chi connectivity index (χ2v) is 5.50. The first-order chi connectivity index (χ1) is 8.82. The van der Waals surface area contributed by atoms with E-state index in [1.165, 1.54) is 4.68 Å². The Hall–Kier alpha value is -1.81. The number of aryl methyl sites for hydroxylation is 1. The summed E-state index contributed by atoms with van der Waals surface area (Å²) in [7, 11) is 0. The molecule has 0 radical (unpaired) electrons.